The highest BCUT2D eigenvalue weighted by Crippen LogP contribution is 2.38. The summed E-state index contributed by atoms with van der Waals surface area (Å²) in [5, 5.41) is 11.9. The Morgan fingerprint density at radius 3 is 2.34 bits per heavy atom. The van der Waals surface area contributed by atoms with Gasteiger partial charge in [-0.2, -0.15) is 0 Å². The molecule has 0 spiro atoms. The summed E-state index contributed by atoms with van der Waals surface area (Å²) in [7, 11) is 2.17. The molecule has 2 aliphatic rings. The molecule has 2 saturated heterocycles. The fourth-order valence-electron chi connectivity index (χ4n) is 4.79. The Hall–Kier alpha value is -2.02. The lowest BCUT2D eigenvalue weighted by Crippen LogP contribution is -2.64. The molecule has 6 nitrogen and oxygen atoms in total. The summed E-state index contributed by atoms with van der Waals surface area (Å²) in [4.78, 5) is 16.5. The van der Waals surface area contributed by atoms with Gasteiger partial charge in [0.2, 0.25) is 0 Å². The summed E-state index contributed by atoms with van der Waals surface area (Å²) >= 11 is 0. The highest BCUT2D eigenvalue weighted by molar-refractivity contribution is 5.49. The quantitative estimate of drug-likeness (QED) is 0.859. The van der Waals surface area contributed by atoms with Crippen LogP contribution in [0.15, 0.2) is 30.3 Å². The first-order chi connectivity index (χ1) is 13.9. The summed E-state index contributed by atoms with van der Waals surface area (Å²) in [6.45, 7) is 11.7. The molecule has 2 aliphatic heterocycles. The average molecular weight is 396 g/mol. The molecule has 2 fully saturated rings. The van der Waals surface area contributed by atoms with Gasteiger partial charge in [-0.1, -0.05) is 30.3 Å². The minimum Gasteiger partial charge on any atom is -0.383 e. The molecule has 0 unspecified atom stereocenters. The molecule has 0 amide bonds. The lowest BCUT2D eigenvalue weighted by molar-refractivity contribution is -0.0757. The van der Waals surface area contributed by atoms with Crippen LogP contribution in [-0.2, 0) is 5.60 Å². The van der Waals surface area contributed by atoms with E-state index in [1.165, 1.54) is 0 Å². The van der Waals surface area contributed by atoms with E-state index in [-0.39, 0.29) is 6.04 Å². The number of benzene rings is 1. The fraction of sp³-hybridized carbons (Fsp3) is 0.565. The predicted octanol–water partition coefficient (Wildman–Crippen LogP) is 2.12. The van der Waals surface area contributed by atoms with Gasteiger partial charge >= 0.3 is 0 Å². The van der Waals surface area contributed by atoms with Crippen LogP contribution in [0, 0.1) is 20.8 Å². The van der Waals surface area contributed by atoms with Crippen molar-refractivity contribution in [2.75, 3.05) is 51.2 Å². The molecule has 2 atom stereocenters. The van der Waals surface area contributed by atoms with Crippen molar-refractivity contribution in [3.63, 3.8) is 0 Å². The van der Waals surface area contributed by atoms with Crippen molar-refractivity contribution in [1.29, 1.82) is 0 Å². The first-order valence-corrected chi connectivity index (χ1v) is 10.7. The van der Waals surface area contributed by atoms with Crippen molar-refractivity contribution >= 4 is 5.82 Å². The molecule has 0 bridgehead atoms. The third-order valence-corrected chi connectivity index (χ3v) is 6.73. The Labute approximate surface area is 174 Å². The second kappa shape index (κ2) is 8.01. The van der Waals surface area contributed by atoms with Gasteiger partial charge in [-0.15, -0.1) is 0 Å². The van der Waals surface area contributed by atoms with Crippen molar-refractivity contribution in [2.24, 2.45) is 0 Å². The van der Waals surface area contributed by atoms with Crippen molar-refractivity contribution in [1.82, 2.24) is 19.8 Å². The molecule has 1 N–H and O–H groups in total. The number of nitrogens with zero attached hydrogens (tertiary/aromatic N) is 5. The summed E-state index contributed by atoms with van der Waals surface area (Å²) in [5.41, 5.74) is 2.35. The van der Waals surface area contributed by atoms with Gasteiger partial charge in [-0.25, -0.2) is 9.97 Å². The summed E-state index contributed by atoms with van der Waals surface area (Å²) in [6.07, 6.45) is 0.690. The van der Waals surface area contributed by atoms with Gasteiger partial charge in [0, 0.05) is 50.5 Å². The highest BCUT2D eigenvalue weighted by Gasteiger charge is 2.46. The fourth-order valence-corrected chi connectivity index (χ4v) is 4.79. The van der Waals surface area contributed by atoms with E-state index in [9.17, 15) is 5.11 Å². The average Bonchev–Trinajstić information content (AvgIpc) is 2.72. The number of hydrogen-bond donors (Lipinski definition) is 1. The van der Waals surface area contributed by atoms with E-state index >= 15 is 0 Å². The maximum Gasteiger partial charge on any atom is 0.135 e. The number of likely N-dealkylation sites (N-methyl/N-ethyl adjacent to an activating group) is 1. The van der Waals surface area contributed by atoms with E-state index in [0.29, 0.717) is 6.42 Å². The van der Waals surface area contributed by atoms with Gasteiger partial charge in [0.25, 0.3) is 0 Å². The zero-order valence-corrected chi connectivity index (χ0v) is 18.1. The van der Waals surface area contributed by atoms with E-state index in [1.807, 2.05) is 25.1 Å². The number of rotatable bonds is 3. The second-order valence-electron chi connectivity index (χ2n) is 8.65. The first kappa shape index (κ1) is 20.3. The van der Waals surface area contributed by atoms with Crippen LogP contribution in [0.25, 0.3) is 0 Å². The topological polar surface area (TPSA) is 55.7 Å². The van der Waals surface area contributed by atoms with Gasteiger partial charge < -0.3 is 14.9 Å². The third kappa shape index (κ3) is 3.89. The van der Waals surface area contributed by atoms with Crippen LogP contribution < -0.4 is 4.90 Å². The summed E-state index contributed by atoms with van der Waals surface area (Å²) < 4.78 is 0. The van der Waals surface area contributed by atoms with Gasteiger partial charge in [-0.3, -0.25) is 4.90 Å². The van der Waals surface area contributed by atoms with Gasteiger partial charge in [0.1, 0.15) is 17.2 Å². The number of aryl methyl sites for hydroxylation is 2. The lowest BCUT2D eigenvalue weighted by Gasteiger charge is -2.51. The van der Waals surface area contributed by atoms with Crippen molar-refractivity contribution in [3.8, 4) is 0 Å². The number of piperidine rings is 1. The van der Waals surface area contributed by atoms with Crippen LogP contribution in [0.1, 0.15) is 29.1 Å². The molecule has 1 aromatic heterocycles. The molecule has 0 saturated carbocycles. The highest BCUT2D eigenvalue weighted by atomic mass is 16.3. The smallest absolute Gasteiger partial charge is 0.135 e. The van der Waals surface area contributed by atoms with Gasteiger partial charge in [0.15, 0.2) is 0 Å². The maximum atomic E-state index is 11.9. The lowest BCUT2D eigenvalue weighted by atomic mass is 9.79. The van der Waals surface area contributed by atoms with Crippen LogP contribution in [0.4, 0.5) is 5.82 Å². The van der Waals surface area contributed by atoms with Crippen LogP contribution in [-0.4, -0.2) is 77.2 Å². The van der Waals surface area contributed by atoms with Crippen LogP contribution in [0.5, 0.6) is 0 Å². The third-order valence-electron chi connectivity index (χ3n) is 6.73. The number of aromatic nitrogens is 2. The van der Waals surface area contributed by atoms with Crippen molar-refractivity contribution in [2.45, 2.75) is 38.8 Å². The molecule has 156 valence electrons. The molecule has 4 rings (SSSR count). The zero-order chi connectivity index (χ0) is 20.6. The molecular weight excluding hydrogens is 362 g/mol. The van der Waals surface area contributed by atoms with Crippen LogP contribution in [0.3, 0.4) is 0 Å². The summed E-state index contributed by atoms with van der Waals surface area (Å²) in [6, 6.07) is 10.3. The van der Waals surface area contributed by atoms with Crippen molar-refractivity contribution < 1.29 is 5.11 Å². The first-order valence-electron chi connectivity index (χ1n) is 10.7. The number of hydrogen-bond acceptors (Lipinski definition) is 6. The largest absolute Gasteiger partial charge is 0.383 e. The molecule has 2 aromatic rings. The maximum absolute atomic E-state index is 11.9. The number of piperazine rings is 1. The Morgan fingerprint density at radius 1 is 0.966 bits per heavy atom. The Bertz CT molecular complexity index is 850. The molecule has 6 heteroatoms. The number of aliphatic hydroxyl groups is 1. The van der Waals surface area contributed by atoms with Crippen LogP contribution >= 0.6 is 0 Å². The Morgan fingerprint density at radius 2 is 1.66 bits per heavy atom. The molecule has 0 radical (unpaired) electrons. The monoisotopic (exact) mass is 395 g/mol. The van der Waals surface area contributed by atoms with Crippen LogP contribution in [0.2, 0.25) is 0 Å². The molecule has 3 heterocycles. The van der Waals surface area contributed by atoms with Crippen molar-refractivity contribution in [3.05, 3.63) is 53.0 Å². The minimum atomic E-state index is -0.849. The zero-order valence-electron chi connectivity index (χ0n) is 18.1. The normalized spacial score (nSPS) is 26.7. The Balaban J connectivity index is 1.68. The molecular formula is C23H33N5O. The minimum absolute atomic E-state index is 0.0299. The standard InChI is InChI=1S/C23H33N5O/c1-17-18(2)24-19(3)25-22(17)28-11-10-23(29,20-8-6-5-7-9-20)21(16-28)27-14-12-26(4)13-15-27/h5-9,21,29H,10-16H2,1-4H3/t21-,23+/m1/s1. The van der Waals surface area contributed by atoms with Gasteiger partial charge in [-0.05, 0) is 39.8 Å². The number of anilines is 1. The molecule has 1 aromatic carbocycles. The molecule has 0 aliphatic carbocycles. The van der Waals surface area contributed by atoms with E-state index in [1.54, 1.807) is 0 Å². The van der Waals surface area contributed by atoms with E-state index in [0.717, 1.165) is 67.7 Å². The van der Waals surface area contributed by atoms with E-state index in [4.69, 9.17) is 4.98 Å². The van der Waals surface area contributed by atoms with Gasteiger partial charge in [0.05, 0.1) is 6.04 Å². The Kier molecular flexibility index (Phi) is 5.60. The van der Waals surface area contributed by atoms with E-state index < -0.39 is 5.60 Å². The van der Waals surface area contributed by atoms with E-state index in [2.05, 4.69) is 52.7 Å². The predicted molar refractivity (Wildman–Crippen MR) is 116 cm³/mol. The second-order valence-corrected chi connectivity index (χ2v) is 8.65. The summed E-state index contributed by atoms with van der Waals surface area (Å²) in [5.74, 6) is 1.83. The molecule has 29 heavy (non-hydrogen) atoms. The SMILES string of the molecule is Cc1nc(C)c(C)c(N2CC[C@](O)(c3ccccc3)[C@H](N3CCN(C)CC3)C2)n1.